The van der Waals surface area contributed by atoms with E-state index >= 15 is 0 Å². The molecule has 0 radical (unpaired) electrons. The van der Waals surface area contributed by atoms with Gasteiger partial charge in [-0.05, 0) is 42.3 Å². The monoisotopic (exact) mass is 449 g/mol. The summed E-state index contributed by atoms with van der Waals surface area (Å²) in [5.41, 5.74) is 1.91. The van der Waals surface area contributed by atoms with Crippen LogP contribution in [0.15, 0.2) is 65.8 Å². The van der Waals surface area contributed by atoms with Gasteiger partial charge >= 0.3 is 0 Å². The standard InChI is InChI=1S/C24H24FN5O3/c1-2-33-20-9-5-17(6-10-20)13-22(31)26-11-12-30-23-21(14-28-30)24(32)29(16-27-23)15-18-3-7-19(25)8-4-18/h3-10,14,16H,2,11-13,15H2,1H3,(H,26,31). The number of benzene rings is 2. The van der Waals surface area contributed by atoms with E-state index in [1.165, 1.54) is 29.2 Å². The minimum atomic E-state index is -0.326. The number of nitrogens with zero attached hydrogens (tertiary/aromatic N) is 4. The molecule has 9 heteroatoms. The third-order valence-electron chi connectivity index (χ3n) is 5.13. The molecule has 2 heterocycles. The van der Waals surface area contributed by atoms with Crippen LogP contribution in [0.25, 0.3) is 11.0 Å². The van der Waals surface area contributed by atoms with Crippen molar-refractivity contribution in [3.63, 3.8) is 0 Å². The number of fused-ring (bicyclic) bond motifs is 1. The highest BCUT2D eigenvalue weighted by Crippen LogP contribution is 2.12. The summed E-state index contributed by atoms with van der Waals surface area (Å²) in [5, 5.41) is 7.50. The zero-order valence-electron chi connectivity index (χ0n) is 18.2. The van der Waals surface area contributed by atoms with Crippen molar-refractivity contribution in [1.29, 1.82) is 0 Å². The van der Waals surface area contributed by atoms with Gasteiger partial charge in [0.2, 0.25) is 5.91 Å². The highest BCUT2D eigenvalue weighted by molar-refractivity contribution is 5.78. The van der Waals surface area contributed by atoms with Crippen molar-refractivity contribution < 1.29 is 13.9 Å². The molecule has 1 N–H and O–H groups in total. The van der Waals surface area contributed by atoms with Crippen LogP contribution in [0.4, 0.5) is 4.39 Å². The maximum atomic E-state index is 13.1. The first-order valence-electron chi connectivity index (χ1n) is 10.7. The minimum Gasteiger partial charge on any atom is -0.494 e. The fourth-order valence-electron chi connectivity index (χ4n) is 3.48. The molecular formula is C24H24FN5O3. The lowest BCUT2D eigenvalue weighted by Crippen LogP contribution is -2.29. The van der Waals surface area contributed by atoms with Crippen LogP contribution in [0.5, 0.6) is 5.75 Å². The van der Waals surface area contributed by atoms with Crippen molar-refractivity contribution in [3.05, 3.63) is 88.4 Å². The molecule has 170 valence electrons. The second-order valence-corrected chi connectivity index (χ2v) is 7.51. The molecule has 4 rings (SSSR count). The van der Waals surface area contributed by atoms with Crippen molar-refractivity contribution in [2.45, 2.75) is 26.4 Å². The summed E-state index contributed by atoms with van der Waals surface area (Å²) in [6, 6.07) is 13.4. The Kier molecular flexibility index (Phi) is 6.77. The van der Waals surface area contributed by atoms with E-state index in [4.69, 9.17) is 4.74 Å². The van der Waals surface area contributed by atoms with Crippen molar-refractivity contribution >= 4 is 16.9 Å². The quantitative estimate of drug-likeness (QED) is 0.424. The van der Waals surface area contributed by atoms with Gasteiger partial charge in [0.1, 0.15) is 23.3 Å². The molecule has 0 aliphatic carbocycles. The molecule has 33 heavy (non-hydrogen) atoms. The van der Waals surface area contributed by atoms with Gasteiger partial charge in [0.15, 0.2) is 5.65 Å². The molecule has 1 amide bonds. The van der Waals surface area contributed by atoms with E-state index in [1.54, 1.807) is 16.8 Å². The molecule has 0 saturated carbocycles. The Morgan fingerprint density at radius 1 is 1.09 bits per heavy atom. The normalized spacial score (nSPS) is 11.0. The van der Waals surface area contributed by atoms with Gasteiger partial charge in [0.25, 0.3) is 5.56 Å². The summed E-state index contributed by atoms with van der Waals surface area (Å²) in [5.74, 6) is 0.342. The first-order chi connectivity index (χ1) is 16.0. The zero-order valence-corrected chi connectivity index (χ0v) is 18.2. The summed E-state index contributed by atoms with van der Waals surface area (Å²) < 4.78 is 21.5. The van der Waals surface area contributed by atoms with Crippen LogP contribution >= 0.6 is 0 Å². The molecule has 0 aliphatic heterocycles. The maximum Gasteiger partial charge on any atom is 0.264 e. The van der Waals surface area contributed by atoms with Crippen LogP contribution in [-0.4, -0.2) is 38.4 Å². The summed E-state index contributed by atoms with van der Waals surface area (Å²) in [6.45, 7) is 3.54. The van der Waals surface area contributed by atoms with E-state index in [1.807, 2.05) is 31.2 Å². The number of amides is 1. The summed E-state index contributed by atoms with van der Waals surface area (Å²) in [7, 11) is 0. The van der Waals surface area contributed by atoms with Gasteiger partial charge < -0.3 is 10.1 Å². The predicted octanol–water partition coefficient (Wildman–Crippen LogP) is 2.54. The average molecular weight is 449 g/mol. The number of carbonyl (C=O) groups excluding carboxylic acids is 1. The lowest BCUT2D eigenvalue weighted by Gasteiger charge is -2.08. The van der Waals surface area contributed by atoms with Crippen LogP contribution in [-0.2, 0) is 24.3 Å². The predicted molar refractivity (Wildman–Crippen MR) is 122 cm³/mol. The maximum absolute atomic E-state index is 13.1. The molecule has 2 aromatic heterocycles. The summed E-state index contributed by atoms with van der Waals surface area (Å²) in [4.78, 5) is 29.4. The first-order valence-corrected chi connectivity index (χ1v) is 10.7. The smallest absolute Gasteiger partial charge is 0.264 e. The third kappa shape index (κ3) is 5.43. The molecule has 2 aromatic carbocycles. The van der Waals surface area contributed by atoms with Crippen LogP contribution in [0.3, 0.4) is 0 Å². The second kappa shape index (κ2) is 10.1. The van der Waals surface area contributed by atoms with Gasteiger partial charge in [-0.25, -0.2) is 14.1 Å². The number of rotatable bonds is 9. The molecule has 0 atom stereocenters. The van der Waals surface area contributed by atoms with Crippen molar-refractivity contribution in [2.75, 3.05) is 13.2 Å². The van der Waals surface area contributed by atoms with Crippen LogP contribution in [0.1, 0.15) is 18.1 Å². The Morgan fingerprint density at radius 3 is 2.55 bits per heavy atom. The first kappa shape index (κ1) is 22.2. The van der Waals surface area contributed by atoms with Gasteiger partial charge in [-0.15, -0.1) is 0 Å². The molecule has 8 nitrogen and oxygen atoms in total. The Morgan fingerprint density at radius 2 is 1.82 bits per heavy atom. The number of hydrogen-bond acceptors (Lipinski definition) is 5. The van der Waals surface area contributed by atoms with Crippen molar-refractivity contribution in [3.8, 4) is 5.75 Å². The third-order valence-corrected chi connectivity index (χ3v) is 5.13. The van der Waals surface area contributed by atoms with Gasteiger partial charge in [0.05, 0.1) is 32.3 Å². The Bertz CT molecular complexity index is 1300. The van der Waals surface area contributed by atoms with Crippen molar-refractivity contribution in [2.24, 2.45) is 0 Å². The lowest BCUT2D eigenvalue weighted by atomic mass is 10.1. The summed E-state index contributed by atoms with van der Waals surface area (Å²) in [6.07, 6.45) is 3.20. The lowest BCUT2D eigenvalue weighted by molar-refractivity contribution is -0.120. The van der Waals surface area contributed by atoms with Gasteiger partial charge in [-0.1, -0.05) is 24.3 Å². The zero-order chi connectivity index (χ0) is 23.2. The van der Waals surface area contributed by atoms with Crippen LogP contribution < -0.4 is 15.6 Å². The van der Waals surface area contributed by atoms with Crippen LogP contribution in [0.2, 0.25) is 0 Å². The number of nitrogens with one attached hydrogen (secondary N) is 1. The van der Waals surface area contributed by atoms with E-state index in [2.05, 4.69) is 15.4 Å². The molecule has 0 aliphatic rings. The molecule has 0 fully saturated rings. The van der Waals surface area contributed by atoms with E-state index in [0.717, 1.165) is 16.9 Å². The molecule has 0 bridgehead atoms. The van der Waals surface area contributed by atoms with Gasteiger partial charge in [-0.3, -0.25) is 14.2 Å². The molecule has 0 spiro atoms. The van der Waals surface area contributed by atoms with Crippen molar-refractivity contribution in [1.82, 2.24) is 24.6 Å². The van der Waals surface area contributed by atoms with E-state index < -0.39 is 0 Å². The topological polar surface area (TPSA) is 91.0 Å². The second-order valence-electron chi connectivity index (χ2n) is 7.51. The Balaban J connectivity index is 1.35. The molecule has 4 aromatic rings. The summed E-state index contributed by atoms with van der Waals surface area (Å²) >= 11 is 0. The van der Waals surface area contributed by atoms with E-state index in [0.29, 0.717) is 30.7 Å². The number of carbonyl (C=O) groups is 1. The fraction of sp³-hybridized carbons (Fsp3) is 0.250. The molecule has 0 unspecified atom stereocenters. The Hall–Kier alpha value is -4.01. The number of hydrogen-bond donors (Lipinski definition) is 1. The average Bonchev–Trinajstić information content (AvgIpc) is 3.22. The number of aromatic nitrogens is 4. The number of ether oxygens (including phenoxy) is 1. The van der Waals surface area contributed by atoms with Gasteiger partial charge in [0, 0.05) is 6.54 Å². The SMILES string of the molecule is CCOc1ccc(CC(=O)NCCn2ncc3c(=O)n(Cc4ccc(F)cc4)cnc32)cc1. The van der Waals surface area contributed by atoms with E-state index in [9.17, 15) is 14.0 Å². The molecule has 0 saturated heterocycles. The number of halogens is 1. The van der Waals surface area contributed by atoms with E-state index in [-0.39, 0.29) is 30.2 Å². The fourth-order valence-corrected chi connectivity index (χ4v) is 3.48. The highest BCUT2D eigenvalue weighted by atomic mass is 19.1. The minimum absolute atomic E-state index is 0.106. The largest absolute Gasteiger partial charge is 0.494 e. The van der Waals surface area contributed by atoms with Crippen LogP contribution in [0, 0.1) is 5.82 Å². The highest BCUT2D eigenvalue weighted by Gasteiger charge is 2.11. The Labute approximate surface area is 189 Å². The molecular weight excluding hydrogens is 425 g/mol. The van der Waals surface area contributed by atoms with Gasteiger partial charge in [-0.2, -0.15) is 5.10 Å².